The van der Waals surface area contributed by atoms with Gasteiger partial charge in [-0.2, -0.15) is 17.2 Å². The minimum Gasteiger partial charge on any atom is -0.358 e. The van der Waals surface area contributed by atoms with Crippen molar-refractivity contribution in [1.82, 2.24) is 23.9 Å². The second-order valence-corrected chi connectivity index (χ2v) is 16.0. The summed E-state index contributed by atoms with van der Waals surface area (Å²) < 4.78 is 6.62. The maximum Gasteiger partial charge on any atom is 2.00 e. The molecule has 6 aromatic carbocycles. The Labute approximate surface area is 347 Å². The van der Waals surface area contributed by atoms with Gasteiger partial charge < -0.3 is 9.13 Å². The van der Waals surface area contributed by atoms with Crippen molar-refractivity contribution in [3.63, 3.8) is 0 Å². The Balaban J connectivity index is 0.00000422. The van der Waals surface area contributed by atoms with Crippen LogP contribution in [0.2, 0.25) is 0 Å². The Morgan fingerprint density at radius 3 is 1.82 bits per heavy atom. The van der Waals surface area contributed by atoms with Crippen molar-refractivity contribution in [2.24, 2.45) is 0 Å². The first-order chi connectivity index (χ1) is 27.2. The van der Waals surface area contributed by atoms with Crippen LogP contribution in [0.4, 0.5) is 0 Å². The Kier molecular flexibility index (Phi) is 8.90. The fourth-order valence-corrected chi connectivity index (χ4v) is 8.71. The number of para-hydroxylation sites is 2. The van der Waals surface area contributed by atoms with Crippen LogP contribution in [-0.4, -0.2) is 23.9 Å². The summed E-state index contributed by atoms with van der Waals surface area (Å²) in [4.78, 5) is 4.93. The Morgan fingerprint density at radius 2 is 1.16 bits per heavy atom. The van der Waals surface area contributed by atoms with Gasteiger partial charge in [0.2, 0.25) is 0 Å². The molecule has 280 valence electrons. The van der Waals surface area contributed by atoms with Gasteiger partial charge in [-0.1, -0.05) is 122 Å². The topological polar surface area (TPSA) is 40.6 Å². The predicted molar refractivity (Wildman–Crippen MR) is 231 cm³/mol. The molecule has 10 rings (SSSR count). The molecular weight excluding hydrogens is 878 g/mol. The van der Waals surface area contributed by atoms with Gasteiger partial charge in [-0.25, -0.2) is 4.98 Å². The fraction of sp³-hybridized carbons (Fsp3) is 0.137. The maximum absolute atomic E-state index is 5.10. The molecule has 0 atom stereocenters. The molecule has 6 heteroatoms. The third kappa shape index (κ3) is 5.95. The standard InChI is InChI=1S/C51H41N5.Pt/c1-32-26-33(2)49(34(3)27-32)43-31-53-56(50(43)35-14-8-7-9-15-35)38-21-23-41-39-16-10-12-18-44(39)54(46(41)30-38)37-20-22-42-40-17-11-13-19-45(40)55(47(42)29-37)48-28-36(24-25-52-48)51(4,5)6;/h7-28,31H,1-6H3;/q-2;+2. The molecule has 0 amide bonds. The summed E-state index contributed by atoms with van der Waals surface area (Å²) >= 11 is 0. The van der Waals surface area contributed by atoms with Crippen LogP contribution in [0.1, 0.15) is 43.0 Å². The number of hydrogen-bond donors (Lipinski definition) is 0. The molecule has 10 aromatic rings. The van der Waals surface area contributed by atoms with E-state index in [0.29, 0.717) is 0 Å². The third-order valence-corrected chi connectivity index (χ3v) is 11.2. The number of pyridine rings is 1. The zero-order valence-electron chi connectivity index (χ0n) is 32.8. The molecule has 5 nitrogen and oxygen atoms in total. The third-order valence-electron chi connectivity index (χ3n) is 11.2. The molecule has 0 spiro atoms. The summed E-state index contributed by atoms with van der Waals surface area (Å²) in [5, 5.41) is 9.69. The van der Waals surface area contributed by atoms with E-state index in [9.17, 15) is 0 Å². The summed E-state index contributed by atoms with van der Waals surface area (Å²) in [6.07, 6.45) is 3.94. The number of aryl methyl sites for hydroxylation is 3. The molecule has 0 aliphatic carbocycles. The van der Waals surface area contributed by atoms with Crippen molar-refractivity contribution < 1.29 is 21.1 Å². The molecule has 0 N–H and O–H groups in total. The number of rotatable bonds is 5. The average molecular weight is 919 g/mol. The van der Waals surface area contributed by atoms with Crippen molar-refractivity contribution in [1.29, 1.82) is 0 Å². The van der Waals surface area contributed by atoms with Gasteiger partial charge in [0.15, 0.2) is 0 Å². The minimum absolute atomic E-state index is 0. The van der Waals surface area contributed by atoms with Gasteiger partial charge in [-0.15, -0.1) is 35.0 Å². The molecule has 0 aliphatic heterocycles. The summed E-state index contributed by atoms with van der Waals surface area (Å²) in [5.41, 5.74) is 15.4. The van der Waals surface area contributed by atoms with Crippen LogP contribution in [-0.2, 0) is 26.5 Å². The second kappa shape index (κ2) is 13.9. The molecule has 0 saturated carbocycles. The Hall–Kier alpha value is -6.03. The van der Waals surface area contributed by atoms with Crippen LogP contribution in [0.5, 0.6) is 0 Å². The number of benzene rings is 6. The van der Waals surface area contributed by atoms with Crippen molar-refractivity contribution >= 4 is 43.6 Å². The normalized spacial score (nSPS) is 11.9. The second-order valence-electron chi connectivity index (χ2n) is 16.0. The van der Waals surface area contributed by atoms with E-state index in [1.807, 2.05) is 12.4 Å². The first-order valence-corrected chi connectivity index (χ1v) is 19.3. The van der Waals surface area contributed by atoms with E-state index in [1.165, 1.54) is 33.2 Å². The molecule has 57 heavy (non-hydrogen) atoms. The van der Waals surface area contributed by atoms with Gasteiger partial charge in [0, 0.05) is 28.4 Å². The average Bonchev–Trinajstić information content (AvgIpc) is 3.87. The number of fused-ring (bicyclic) bond motifs is 6. The molecule has 0 radical (unpaired) electrons. The van der Waals surface area contributed by atoms with E-state index in [2.05, 4.69) is 195 Å². The fourth-order valence-electron chi connectivity index (χ4n) is 8.71. The SMILES string of the molecule is Cc1cc(C)c(-c2cnn(-c3[c-]c4c(cc3)c3ccccc3n4-c3[c-]c4c(cc3)c3ccccc3n4-c3cc(C(C)(C)C)ccn3)c2-c2ccccc2)c(C)c1.[Pt+2]. The molecular formula is C51H41N5Pt. The molecule has 0 bridgehead atoms. The van der Waals surface area contributed by atoms with Gasteiger partial charge in [0.05, 0.1) is 11.9 Å². The van der Waals surface area contributed by atoms with E-state index in [0.717, 1.165) is 72.2 Å². The van der Waals surface area contributed by atoms with Crippen LogP contribution in [0.3, 0.4) is 0 Å². The molecule has 4 heterocycles. The van der Waals surface area contributed by atoms with Crippen LogP contribution in [0.15, 0.2) is 140 Å². The van der Waals surface area contributed by atoms with Crippen LogP contribution < -0.4 is 0 Å². The molecule has 4 aromatic heterocycles. The van der Waals surface area contributed by atoms with Gasteiger partial charge >= 0.3 is 21.1 Å². The Bertz CT molecular complexity index is 3130. The quantitative estimate of drug-likeness (QED) is 0.161. The van der Waals surface area contributed by atoms with E-state index in [4.69, 9.17) is 10.1 Å². The van der Waals surface area contributed by atoms with Crippen molar-refractivity contribution in [2.75, 3.05) is 0 Å². The largest absolute Gasteiger partial charge is 2.00 e. The van der Waals surface area contributed by atoms with Crippen molar-refractivity contribution in [3.05, 3.63) is 174 Å². The van der Waals surface area contributed by atoms with Crippen LogP contribution >= 0.6 is 0 Å². The monoisotopic (exact) mass is 918 g/mol. The predicted octanol–water partition coefficient (Wildman–Crippen LogP) is 12.6. The van der Waals surface area contributed by atoms with E-state index in [-0.39, 0.29) is 26.5 Å². The molecule has 0 saturated heterocycles. The summed E-state index contributed by atoms with van der Waals surface area (Å²) in [7, 11) is 0. The first-order valence-electron chi connectivity index (χ1n) is 19.3. The smallest absolute Gasteiger partial charge is 0.358 e. The minimum atomic E-state index is -0.0185. The maximum atomic E-state index is 5.10. The number of nitrogens with zero attached hydrogens (tertiary/aromatic N) is 5. The van der Waals surface area contributed by atoms with Crippen LogP contribution in [0.25, 0.3) is 83.2 Å². The van der Waals surface area contributed by atoms with Crippen LogP contribution in [0, 0.1) is 32.9 Å². The molecule has 0 unspecified atom stereocenters. The van der Waals surface area contributed by atoms with Crippen molar-refractivity contribution in [3.8, 4) is 39.6 Å². The van der Waals surface area contributed by atoms with E-state index in [1.54, 1.807) is 0 Å². The van der Waals surface area contributed by atoms with Crippen molar-refractivity contribution in [2.45, 2.75) is 47.0 Å². The first kappa shape index (κ1) is 36.6. The molecule has 0 aliphatic rings. The zero-order valence-corrected chi connectivity index (χ0v) is 35.1. The van der Waals surface area contributed by atoms with Gasteiger partial charge in [-0.05, 0) is 89.2 Å². The number of aromatic nitrogens is 5. The van der Waals surface area contributed by atoms with E-state index >= 15 is 0 Å². The zero-order chi connectivity index (χ0) is 38.3. The Morgan fingerprint density at radius 1 is 0.579 bits per heavy atom. The number of hydrogen-bond acceptors (Lipinski definition) is 2. The van der Waals surface area contributed by atoms with Gasteiger partial charge in [-0.3, -0.25) is 4.68 Å². The van der Waals surface area contributed by atoms with Gasteiger partial charge in [0.1, 0.15) is 5.82 Å². The summed E-state index contributed by atoms with van der Waals surface area (Å²) in [6.45, 7) is 13.3. The summed E-state index contributed by atoms with van der Waals surface area (Å²) in [5.74, 6) is 0.884. The summed E-state index contributed by atoms with van der Waals surface area (Å²) in [6, 6.07) is 53.2. The van der Waals surface area contributed by atoms with E-state index < -0.39 is 0 Å². The molecule has 0 fully saturated rings. The van der Waals surface area contributed by atoms with Gasteiger partial charge in [0.25, 0.3) is 0 Å².